The molecule has 0 unspecified atom stereocenters. The van der Waals surface area contributed by atoms with E-state index in [0.29, 0.717) is 48.8 Å². The van der Waals surface area contributed by atoms with Crippen LogP contribution in [0.5, 0.6) is 17.2 Å². The highest BCUT2D eigenvalue weighted by atomic mass is 16.5. The summed E-state index contributed by atoms with van der Waals surface area (Å²) in [5.41, 5.74) is 0.828. The first-order valence-electron chi connectivity index (χ1n) is 10.8. The molecule has 0 aromatic heterocycles. The molecular weight excluding hydrogens is 426 g/mol. The van der Waals surface area contributed by atoms with E-state index in [2.05, 4.69) is 5.32 Å². The number of carbonyl (C=O) groups is 3. The van der Waals surface area contributed by atoms with Crippen molar-refractivity contribution in [2.75, 3.05) is 37.5 Å². The summed E-state index contributed by atoms with van der Waals surface area (Å²) >= 11 is 0. The van der Waals surface area contributed by atoms with Crippen LogP contribution in [0.2, 0.25) is 0 Å². The summed E-state index contributed by atoms with van der Waals surface area (Å²) in [6, 6.07) is 11.0. The van der Waals surface area contributed by atoms with Crippen molar-refractivity contribution < 1.29 is 29.0 Å². The number of nitrogens with one attached hydrogen (secondary N) is 1. The molecule has 0 saturated carbocycles. The van der Waals surface area contributed by atoms with Crippen LogP contribution in [-0.2, 0) is 14.4 Å². The van der Waals surface area contributed by atoms with Gasteiger partial charge in [0, 0.05) is 12.0 Å². The maximum Gasteiger partial charge on any atom is 0.251 e. The Morgan fingerprint density at radius 1 is 1.03 bits per heavy atom. The van der Waals surface area contributed by atoms with Crippen LogP contribution in [0, 0.1) is 5.92 Å². The van der Waals surface area contributed by atoms with Gasteiger partial charge in [0.25, 0.3) is 5.91 Å². The van der Waals surface area contributed by atoms with Crippen LogP contribution in [0.3, 0.4) is 0 Å². The van der Waals surface area contributed by atoms with E-state index in [4.69, 9.17) is 9.47 Å². The van der Waals surface area contributed by atoms with E-state index < -0.39 is 6.04 Å². The lowest BCUT2D eigenvalue weighted by molar-refractivity contribution is -0.123. The van der Waals surface area contributed by atoms with E-state index in [1.807, 2.05) is 4.90 Å². The molecule has 9 nitrogen and oxygen atoms in total. The Balaban J connectivity index is 1.39. The third kappa shape index (κ3) is 4.49. The second-order valence-electron chi connectivity index (χ2n) is 8.14. The molecule has 0 aliphatic carbocycles. The number of rotatable bonds is 6. The molecule has 2 aromatic rings. The highest BCUT2D eigenvalue weighted by Gasteiger charge is 2.44. The molecule has 2 aromatic carbocycles. The first-order valence-corrected chi connectivity index (χ1v) is 10.8. The molecule has 2 aliphatic heterocycles. The molecular formula is C24H27N3O6. The number of phenolic OH excluding ortho intramolecular Hbond substituents is 1. The molecule has 9 heteroatoms. The molecule has 2 N–H and O–H groups in total. The molecule has 1 atom stereocenters. The summed E-state index contributed by atoms with van der Waals surface area (Å²) in [6.07, 6.45) is 1.23. The van der Waals surface area contributed by atoms with Crippen molar-refractivity contribution in [1.82, 2.24) is 4.90 Å². The standard InChI is InChI=1S/C24H27N3O6/c1-32-20-8-7-16(13-21(20)33-2)27-22(29)14-18(24(27)31)26-11-9-15(10-12-26)23(30)25-17-5-3-4-6-19(17)28/h3-8,13,15,18,28H,9-12,14H2,1-2H3,(H,25,30)/t18-/m0/s1. The molecule has 33 heavy (non-hydrogen) atoms. The highest BCUT2D eigenvalue weighted by molar-refractivity contribution is 6.22. The van der Waals surface area contributed by atoms with Gasteiger partial charge >= 0.3 is 0 Å². The number of hydrogen-bond donors (Lipinski definition) is 2. The van der Waals surface area contributed by atoms with Crippen LogP contribution >= 0.6 is 0 Å². The third-order valence-corrected chi connectivity index (χ3v) is 6.25. The van der Waals surface area contributed by atoms with Crippen LogP contribution in [0.4, 0.5) is 11.4 Å². The maximum absolute atomic E-state index is 13.1. The Morgan fingerprint density at radius 3 is 2.39 bits per heavy atom. The Morgan fingerprint density at radius 2 is 1.73 bits per heavy atom. The predicted octanol–water partition coefficient (Wildman–Crippen LogP) is 2.39. The summed E-state index contributed by atoms with van der Waals surface area (Å²) in [5.74, 6) is 0.0536. The number of phenols is 1. The number of piperidine rings is 1. The average molecular weight is 453 g/mol. The lowest BCUT2D eigenvalue weighted by atomic mass is 9.94. The number of likely N-dealkylation sites (tertiary alicyclic amines) is 1. The number of methoxy groups -OCH3 is 2. The third-order valence-electron chi connectivity index (χ3n) is 6.25. The average Bonchev–Trinajstić information content (AvgIpc) is 3.13. The van der Waals surface area contributed by atoms with E-state index in [1.165, 1.54) is 25.2 Å². The minimum absolute atomic E-state index is 0.0219. The number of hydrogen-bond acceptors (Lipinski definition) is 7. The molecule has 0 radical (unpaired) electrons. The van der Waals surface area contributed by atoms with Crippen molar-refractivity contribution in [3.63, 3.8) is 0 Å². The van der Waals surface area contributed by atoms with Gasteiger partial charge in [0.1, 0.15) is 5.75 Å². The Kier molecular flexibility index (Phi) is 6.50. The van der Waals surface area contributed by atoms with Gasteiger partial charge in [-0.3, -0.25) is 19.3 Å². The summed E-state index contributed by atoms with van der Waals surface area (Å²) in [4.78, 5) is 41.7. The number of carbonyl (C=O) groups excluding carboxylic acids is 3. The summed E-state index contributed by atoms with van der Waals surface area (Å²) < 4.78 is 10.5. The normalized spacial score (nSPS) is 19.6. The van der Waals surface area contributed by atoms with Crippen LogP contribution in [0.1, 0.15) is 19.3 Å². The van der Waals surface area contributed by atoms with E-state index in [9.17, 15) is 19.5 Å². The van der Waals surface area contributed by atoms with Crippen LogP contribution < -0.4 is 19.7 Å². The molecule has 2 fully saturated rings. The Labute approximate surface area is 191 Å². The van der Waals surface area contributed by atoms with Gasteiger partial charge in [0.05, 0.1) is 38.1 Å². The fraction of sp³-hybridized carbons (Fsp3) is 0.375. The maximum atomic E-state index is 13.1. The second-order valence-corrected chi connectivity index (χ2v) is 8.14. The van der Waals surface area contributed by atoms with E-state index in [-0.39, 0.29) is 35.8 Å². The minimum atomic E-state index is -0.548. The van der Waals surface area contributed by atoms with Gasteiger partial charge in [-0.25, -0.2) is 4.90 Å². The summed E-state index contributed by atoms with van der Waals surface area (Å²) in [7, 11) is 3.02. The zero-order valence-corrected chi connectivity index (χ0v) is 18.6. The molecule has 4 rings (SSSR count). The molecule has 0 spiro atoms. The van der Waals surface area contributed by atoms with Crippen LogP contribution in [0.25, 0.3) is 0 Å². The SMILES string of the molecule is COc1ccc(N2C(=O)C[C@H](N3CCC(C(=O)Nc4ccccc4O)CC3)C2=O)cc1OC. The van der Waals surface area contributed by atoms with E-state index in [0.717, 1.165) is 0 Å². The fourth-order valence-corrected chi connectivity index (χ4v) is 4.42. The predicted molar refractivity (Wildman–Crippen MR) is 121 cm³/mol. The number of para-hydroxylation sites is 2. The topological polar surface area (TPSA) is 108 Å². The van der Waals surface area contributed by atoms with Gasteiger partial charge in [-0.1, -0.05) is 12.1 Å². The van der Waals surface area contributed by atoms with E-state index >= 15 is 0 Å². The number of aromatic hydroxyl groups is 1. The number of nitrogens with zero attached hydrogens (tertiary/aromatic N) is 2. The van der Waals surface area contributed by atoms with Gasteiger partial charge in [-0.05, 0) is 50.2 Å². The monoisotopic (exact) mass is 453 g/mol. The number of ether oxygens (including phenoxy) is 2. The first-order chi connectivity index (χ1) is 15.9. The zero-order chi connectivity index (χ0) is 23.5. The molecule has 3 amide bonds. The van der Waals surface area contributed by atoms with Gasteiger partial charge < -0.3 is 19.9 Å². The summed E-state index contributed by atoms with van der Waals surface area (Å²) in [5, 5.41) is 12.6. The van der Waals surface area contributed by atoms with Crippen molar-refractivity contribution in [3.8, 4) is 17.2 Å². The van der Waals surface area contributed by atoms with Crippen molar-refractivity contribution in [1.29, 1.82) is 0 Å². The smallest absolute Gasteiger partial charge is 0.251 e. The Bertz CT molecular complexity index is 1060. The molecule has 2 saturated heterocycles. The first kappa shape index (κ1) is 22.6. The quantitative estimate of drug-likeness (QED) is 0.511. The number of anilines is 2. The molecule has 174 valence electrons. The molecule has 2 aliphatic rings. The highest BCUT2D eigenvalue weighted by Crippen LogP contribution is 2.35. The number of imide groups is 1. The number of amides is 3. The lowest BCUT2D eigenvalue weighted by Crippen LogP contribution is -2.47. The van der Waals surface area contributed by atoms with Gasteiger partial charge in [-0.15, -0.1) is 0 Å². The van der Waals surface area contributed by atoms with Gasteiger partial charge in [0.2, 0.25) is 11.8 Å². The second kappa shape index (κ2) is 9.50. The van der Waals surface area contributed by atoms with Crippen molar-refractivity contribution in [2.24, 2.45) is 5.92 Å². The Hall–Kier alpha value is -3.59. The van der Waals surface area contributed by atoms with Crippen LogP contribution in [0.15, 0.2) is 42.5 Å². The van der Waals surface area contributed by atoms with E-state index in [1.54, 1.807) is 36.4 Å². The number of benzene rings is 2. The van der Waals surface area contributed by atoms with Crippen molar-refractivity contribution >= 4 is 29.1 Å². The zero-order valence-electron chi connectivity index (χ0n) is 18.6. The minimum Gasteiger partial charge on any atom is -0.506 e. The summed E-state index contributed by atoms with van der Waals surface area (Å²) in [6.45, 7) is 1.06. The van der Waals surface area contributed by atoms with Gasteiger partial charge in [0.15, 0.2) is 11.5 Å². The fourth-order valence-electron chi connectivity index (χ4n) is 4.42. The largest absolute Gasteiger partial charge is 0.506 e. The van der Waals surface area contributed by atoms with Crippen molar-refractivity contribution in [2.45, 2.75) is 25.3 Å². The molecule has 2 heterocycles. The van der Waals surface area contributed by atoms with Crippen LogP contribution in [-0.4, -0.2) is 61.1 Å². The van der Waals surface area contributed by atoms with Crippen molar-refractivity contribution in [3.05, 3.63) is 42.5 Å². The lowest BCUT2D eigenvalue weighted by Gasteiger charge is -2.34. The molecule has 0 bridgehead atoms. The van der Waals surface area contributed by atoms with Gasteiger partial charge in [-0.2, -0.15) is 0 Å².